The topological polar surface area (TPSA) is 57.7 Å². The maximum atomic E-state index is 13.4. The van der Waals surface area contributed by atoms with Gasteiger partial charge in [-0.15, -0.1) is 0 Å². The number of nitrogens with one attached hydrogen (secondary N) is 1. The zero-order valence-electron chi connectivity index (χ0n) is 13.1. The number of nitrogens with zero attached hydrogens (tertiary/aromatic N) is 4. The van der Waals surface area contributed by atoms with Crippen LogP contribution in [0.4, 0.5) is 27.8 Å². The number of fused-ring (bicyclic) bond motifs is 1. The van der Waals surface area contributed by atoms with Crippen molar-refractivity contribution in [3.8, 4) is 0 Å². The number of aromatic nitrogens is 4. The van der Waals surface area contributed by atoms with E-state index in [0.717, 1.165) is 12.1 Å². The minimum atomic E-state index is -4.74. The fourth-order valence-corrected chi connectivity index (χ4v) is 2.38. The predicted octanol–water partition coefficient (Wildman–Crippen LogP) is 3.85. The Hall–Kier alpha value is -2.78. The second-order valence-corrected chi connectivity index (χ2v) is 5.43. The summed E-state index contributed by atoms with van der Waals surface area (Å²) in [6, 6.07) is 2.72. The van der Waals surface area contributed by atoms with Crippen molar-refractivity contribution in [2.24, 2.45) is 0 Å². The summed E-state index contributed by atoms with van der Waals surface area (Å²) in [6.45, 7) is 1.63. The summed E-state index contributed by atoms with van der Waals surface area (Å²) >= 11 is 0. The van der Waals surface area contributed by atoms with Gasteiger partial charge in [0, 0.05) is 7.05 Å². The van der Waals surface area contributed by atoms with Gasteiger partial charge in [0.25, 0.3) is 0 Å². The molecule has 0 bridgehead atoms. The first-order valence-corrected chi connectivity index (χ1v) is 7.14. The number of H-pyrrole nitrogens is 1. The zero-order chi connectivity index (χ0) is 18.4. The average Bonchev–Trinajstić information content (AvgIpc) is 3.03. The molecule has 0 radical (unpaired) electrons. The average molecular weight is 357 g/mol. The van der Waals surface area contributed by atoms with Crippen molar-refractivity contribution in [2.45, 2.75) is 19.1 Å². The summed E-state index contributed by atoms with van der Waals surface area (Å²) in [4.78, 5) is 14.8. The van der Waals surface area contributed by atoms with E-state index in [0.29, 0.717) is 5.56 Å². The van der Waals surface area contributed by atoms with Crippen LogP contribution >= 0.6 is 0 Å². The van der Waals surface area contributed by atoms with Gasteiger partial charge >= 0.3 is 6.18 Å². The quantitative estimate of drug-likeness (QED) is 0.724. The Kier molecular flexibility index (Phi) is 4.05. The van der Waals surface area contributed by atoms with Crippen molar-refractivity contribution in [3.05, 3.63) is 47.5 Å². The standard InChI is InChI=1S/C15H12F5N5/c1-7(8-3-4-9(16)10(17)5-8)25(2)13-11-12(22-6-21-11)23-14(24-13)15(18,19)20/h3-7H,1-2H3,(H,21,22,23,24). The number of halogens is 5. The predicted molar refractivity (Wildman–Crippen MR) is 79.9 cm³/mol. The van der Waals surface area contributed by atoms with E-state index in [1.54, 1.807) is 6.92 Å². The lowest BCUT2D eigenvalue weighted by atomic mass is 10.1. The molecule has 3 aromatic rings. The van der Waals surface area contributed by atoms with Crippen LogP contribution in [0, 0.1) is 11.6 Å². The highest BCUT2D eigenvalue weighted by molar-refractivity contribution is 5.83. The van der Waals surface area contributed by atoms with E-state index in [9.17, 15) is 22.0 Å². The first kappa shape index (κ1) is 17.1. The number of rotatable bonds is 3. The number of hydrogen-bond donors (Lipinski definition) is 1. The van der Waals surface area contributed by atoms with Gasteiger partial charge in [-0.25, -0.2) is 23.7 Å². The third-order valence-electron chi connectivity index (χ3n) is 3.86. The molecule has 3 rings (SSSR count). The van der Waals surface area contributed by atoms with Gasteiger partial charge < -0.3 is 9.88 Å². The Morgan fingerprint density at radius 1 is 1.12 bits per heavy atom. The van der Waals surface area contributed by atoms with E-state index < -0.39 is 29.7 Å². The second kappa shape index (κ2) is 5.94. The van der Waals surface area contributed by atoms with Crippen LogP contribution in [0.15, 0.2) is 24.5 Å². The van der Waals surface area contributed by atoms with Gasteiger partial charge in [0.05, 0.1) is 12.4 Å². The smallest absolute Gasteiger partial charge is 0.351 e. The normalized spacial score (nSPS) is 13.2. The molecule has 1 N–H and O–H groups in total. The molecule has 2 heterocycles. The fraction of sp³-hybridized carbons (Fsp3) is 0.267. The van der Waals surface area contributed by atoms with Crippen LogP contribution in [0.25, 0.3) is 11.2 Å². The van der Waals surface area contributed by atoms with Crippen LogP contribution in [-0.4, -0.2) is 27.0 Å². The summed E-state index contributed by atoms with van der Waals surface area (Å²) in [5, 5.41) is 0. The van der Waals surface area contributed by atoms with Gasteiger partial charge in [0.15, 0.2) is 23.1 Å². The van der Waals surface area contributed by atoms with Crippen LogP contribution in [0.2, 0.25) is 0 Å². The molecule has 0 saturated heterocycles. The second-order valence-electron chi connectivity index (χ2n) is 5.43. The highest BCUT2D eigenvalue weighted by Gasteiger charge is 2.36. The van der Waals surface area contributed by atoms with Crippen molar-refractivity contribution in [2.75, 3.05) is 11.9 Å². The maximum absolute atomic E-state index is 13.4. The van der Waals surface area contributed by atoms with Gasteiger partial charge in [0.2, 0.25) is 5.82 Å². The van der Waals surface area contributed by atoms with Crippen molar-refractivity contribution >= 4 is 17.0 Å². The van der Waals surface area contributed by atoms with Crippen molar-refractivity contribution in [1.82, 2.24) is 19.9 Å². The minimum Gasteiger partial charge on any atom is -0.351 e. The van der Waals surface area contributed by atoms with Gasteiger partial charge in [-0.1, -0.05) is 6.07 Å². The number of hydrogen-bond acceptors (Lipinski definition) is 4. The van der Waals surface area contributed by atoms with E-state index in [-0.39, 0.29) is 17.0 Å². The molecule has 0 saturated carbocycles. The summed E-state index contributed by atoms with van der Waals surface area (Å²) < 4.78 is 65.6. The number of benzene rings is 1. The first-order chi connectivity index (χ1) is 11.7. The lowest BCUT2D eigenvalue weighted by Crippen LogP contribution is -2.25. The minimum absolute atomic E-state index is 0.0490. The van der Waals surface area contributed by atoms with Crippen LogP contribution < -0.4 is 4.90 Å². The SMILES string of the molecule is CC(c1ccc(F)c(F)c1)N(C)c1nc(C(F)(F)F)nc2nc[nH]c12. The molecule has 1 atom stereocenters. The molecule has 0 aliphatic heterocycles. The van der Waals surface area contributed by atoms with E-state index in [1.807, 2.05) is 0 Å². The fourth-order valence-electron chi connectivity index (χ4n) is 2.38. The van der Waals surface area contributed by atoms with E-state index in [2.05, 4.69) is 19.9 Å². The van der Waals surface area contributed by atoms with Gasteiger partial charge in [-0.05, 0) is 24.6 Å². The Labute approximate surface area is 138 Å². The van der Waals surface area contributed by atoms with Crippen LogP contribution in [-0.2, 0) is 6.18 Å². The third-order valence-corrected chi connectivity index (χ3v) is 3.86. The maximum Gasteiger partial charge on any atom is 0.451 e. The zero-order valence-corrected chi connectivity index (χ0v) is 13.1. The summed E-state index contributed by atoms with van der Waals surface area (Å²) in [7, 11) is 1.49. The van der Waals surface area contributed by atoms with Gasteiger partial charge in [0.1, 0.15) is 5.52 Å². The molecular weight excluding hydrogens is 345 g/mol. The third kappa shape index (κ3) is 3.11. The summed E-state index contributed by atoms with van der Waals surface area (Å²) in [6.07, 6.45) is -3.53. The number of aromatic amines is 1. The van der Waals surface area contributed by atoms with Crippen molar-refractivity contribution in [1.29, 1.82) is 0 Å². The Morgan fingerprint density at radius 2 is 1.84 bits per heavy atom. The Balaban J connectivity index is 2.07. The molecular formula is C15H12F5N5. The molecule has 0 aliphatic rings. The molecule has 132 valence electrons. The van der Waals surface area contributed by atoms with Crippen LogP contribution in [0.1, 0.15) is 24.4 Å². The lowest BCUT2D eigenvalue weighted by molar-refractivity contribution is -0.144. The Bertz CT molecular complexity index is 920. The molecule has 0 fully saturated rings. The molecule has 0 spiro atoms. The van der Waals surface area contributed by atoms with Crippen LogP contribution in [0.3, 0.4) is 0 Å². The largest absolute Gasteiger partial charge is 0.451 e. The van der Waals surface area contributed by atoms with Crippen molar-refractivity contribution in [3.63, 3.8) is 0 Å². The highest BCUT2D eigenvalue weighted by Crippen LogP contribution is 2.33. The molecule has 1 unspecified atom stereocenters. The molecule has 1 aromatic carbocycles. The van der Waals surface area contributed by atoms with Crippen molar-refractivity contribution < 1.29 is 22.0 Å². The van der Waals surface area contributed by atoms with Gasteiger partial charge in [-0.2, -0.15) is 13.2 Å². The Morgan fingerprint density at radius 3 is 2.48 bits per heavy atom. The molecule has 0 amide bonds. The number of alkyl halides is 3. The molecule has 10 heteroatoms. The highest BCUT2D eigenvalue weighted by atomic mass is 19.4. The summed E-state index contributed by atoms with van der Waals surface area (Å²) in [5.41, 5.74) is 0.452. The molecule has 5 nitrogen and oxygen atoms in total. The first-order valence-electron chi connectivity index (χ1n) is 7.14. The molecule has 0 aliphatic carbocycles. The monoisotopic (exact) mass is 357 g/mol. The number of anilines is 1. The number of imidazole rings is 1. The van der Waals surface area contributed by atoms with Gasteiger partial charge in [-0.3, -0.25) is 0 Å². The summed E-state index contributed by atoms with van der Waals surface area (Å²) in [5.74, 6) is -3.42. The van der Waals surface area contributed by atoms with E-state index in [1.165, 1.54) is 24.3 Å². The van der Waals surface area contributed by atoms with E-state index >= 15 is 0 Å². The molecule has 2 aromatic heterocycles. The molecule has 25 heavy (non-hydrogen) atoms. The lowest BCUT2D eigenvalue weighted by Gasteiger charge is -2.27. The van der Waals surface area contributed by atoms with Crippen LogP contribution in [0.5, 0.6) is 0 Å². The van der Waals surface area contributed by atoms with E-state index in [4.69, 9.17) is 0 Å².